The van der Waals surface area contributed by atoms with E-state index in [-0.39, 0.29) is 22.9 Å². The number of hydrogen-bond acceptors (Lipinski definition) is 5. The van der Waals surface area contributed by atoms with Gasteiger partial charge >= 0.3 is 0 Å². The topological polar surface area (TPSA) is 80.2 Å². The monoisotopic (exact) mass is 439 g/mol. The SMILES string of the molecule is CC(=O)N1CCC2(CC1)CC(=O)C(c1c(C)cc(-c3ncc(Cl)cn3)cc1C)C(=O)C2. The van der Waals surface area contributed by atoms with Crippen LogP contribution in [0.1, 0.15) is 55.2 Å². The van der Waals surface area contributed by atoms with E-state index in [9.17, 15) is 14.4 Å². The number of hydrogen-bond donors (Lipinski definition) is 0. The minimum Gasteiger partial charge on any atom is -0.343 e. The molecular weight excluding hydrogens is 414 g/mol. The molecule has 0 N–H and O–H groups in total. The lowest BCUT2D eigenvalue weighted by Gasteiger charge is -2.44. The molecule has 2 fully saturated rings. The molecule has 0 radical (unpaired) electrons. The molecule has 6 nitrogen and oxygen atoms in total. The Morgan fingerprint density at radius 2 is 1.55 bits per heavy atom. The second-order valence-corrected chi connectivity index (χ2v) is 9.41. The molecule has 1 aromatic heterocycles. The summed E-state index contributed by atoms with van der Waals surface area (Å²) in [7, 11) is 0. The smallest absolute Gasteiger partial charge is 0.219 e. The van der Waals surface area contributed by atoms with Gasteiger partial charge in [-0.25, -0.2) is 9.97 Å². The van der Waals surface area contributed by atoms with Crippen molar-refractivity contribution < 1.29 is 14.4 Å². The van der Waals surface area contributed by atoms with Crippen LogP contribution in [-0.4, -0.2) is 45.4 Å². The van der Waals surface area contributed by atoms with Crippen LogP contribution in [0.25, 0.3) is 11.4 Å². The summed E-state index contributed by atoms with van der Waals surface area (Å²) in [6.45, 7) is 6.66. The van der Waals surface area contributed by atoms with E-state index in [1.807, 2.05) is 26.0 Å². The van der Waals surface area contributed by atoms with Crippen molar-refractivity contribution in [2.75, 3.05) is 13.1 Å². The molecule has 31 heavy (non-hydrogen) atoms. The van der Waals surface area contributed by atoms with Crippen LogP contribution in [0, 0.1) is 19.3 Å². The normalized spacial score (nSPS) is 19.2. The largest absolute Gasteiger partial charge is 0.343 e. The Morgan fingerprint density at radius 1 is 1.03 bits per heavy atom. The maximum absolute atomic E-state index is 13.3. The Morgan fingerprint density at radius 3 is 2.03 bits per heavy atom. The number of aryl methyl sites for hydroxylation is 2. The predicted molar refractivity (Wildman–Crippen MR) is 118 cm³/mol. The van der Waals surface area contributed by atoms with Gasteiger partial charge in [0.05, 0.1) is 5.02 Å². The Hall–Kier alpha value is -2.60. The minimum atomic E-state index is -0.711. The first-order valence-electron chi connectivity index (χ1n) is 10.6. The molecule has 1 aliphatic carbocycles. The van der Waals surface area contributed by atoms with Crippen LogP contribution < -0.4 is 0 Å². The van der Waals surface area contributed by atoms with Crippen LogP contribution in [0.2, 0.25) is 5.02 Å². The molecule has 162 valence electrons. The number of benzene rings is 1. The van der Waals surface area contributed by atoms with Gasteiger partial charge in [-0.3, -0.25) is 14.4 Å². The van der Waals surface area contributed by atoms with E-state index in [4.69, 9.17) is 11.6 Å². The van der Waals surface area contributed by atoms with Gasteiger partial charge in [-0.1, -0.05) is 11.6 Å². The number of Topliss-reactive ketones (excluding diaryl/α,β-unsaturated/α-hetero) is 2. The highest BCUT2D eigenvalue weighted by molar-refractivity contribution is 6.30. The Kier molecular flexibility index (Phi) is 5.69. The minimum absolute atomic E-state index is 0.00535. The highest BCUT2D eigenvalue weighted by Gasteiger charge is 2.47. The van der Waals surface area contributed by atoms with Gasteiger partial charge in [-0.05, 0) is 60.9 Å². The molecule has 1 aliphatic heterocycles. The standard InChI is InChI=1S/C24H26ClN3O3/c1-14-8-17(23-26-12-18(25)13-27-23)9-15(2)21(14)22-19(30)10-24(11-20(22)31)4-6-28(7-5-24)16(3)29/h8-9,12-13,22H,4-7,10-11H2,1-3H3. The molecule has 0 atom stereocenters. The van der Waals surface area contributed by atoms with E-state index in [0.717, 1.165) is 22.3 Å². The number of piperidine rings is 1. The average molecular weight is 440 g/mol. The lowest BCUT2D eigenvalue weighted by molar-refractivity contribution is -0.139. The van der Waals surface area contributed by atoms with Crippen molar-refractivity contribution in [2.45, 2.75) is 52.4 Å². The Labute approximate surface area is 187 Å². The lowest BCUT2D eigenvalue weighted by Crippen LogP contribution is -2.48. The summed E-state index contributed by atoms with van der Waals surface area (Å²) < 4.78 is 0. The first-order valence-corrected chi connectivity index (χ1v) is 11.0. The molecule has 2 aliphatic rings. The third-order valence-corrected chi connectivity index (χ3v) is 6.97. The Bertz CT molecular complexity index is 1010. The van der Waals surface area contributed by atoms with Crippen LogP contribution >= 0.6 is 11.6 Å². The van der Waals surface area contributed by atoms with Crippen molar-refractivity contribution in [1.29, 1.82) is 0 Å². The predicted octanol–water partition coefficient (Wildman–Crippen LogP) is 4.06. The van der Waals surface area contributed by atoms with E-state index in [2.05, 4.69) is 9.97 Å². The molecule has 2 heterocycles. The van der Waals surface area contributed by atoms with Gasteiger partial charge in [0.25, 0.3) is 0 Å². The third-order valence-electron chi connectivity index (χ3n) is 6.77. The summed E-state index contributed by atoms with van der Waals surface area (Å²) in [5, 5.41) is 0.468. The summed E-state index contributed by atoms with van der Waals surface area (Å²) in [5.41, 5.74) is 3.13. The fourth-order valence-corrected chi connectivity index (χ4v) is 5.27. The van der Waals surface area contributed by atoms with Crippen LogP contribution in [-0.2, 0) is 14.4 Å². The van der Waals surface area contributed by atoms with Gasteiger partial charge in [-0.15, -0.1) is 0 Å². The van der Waals surface area contributed by atoms with Gasteiger partial charge in [0.15, 0.2) is 5.82 Å². The number of amides is 1. The number of likely N-dealkylation sites (tertiary alicyclic amines) is 1. The second kappa shape index (κ2) is 8.15. The average Bonchev–Trinajstić information content (AvgIpc) is 2.70. The highest BCUT2D eigenvalue weighted by atomic mass is 35.5. The second-order valence-electron chi connectivity index (χ2n) is 8.97. The number of rotatable bonds is 2. The van der Waals surface area contributed by atoms with Crippen LogP contribution in [0.15, 0.2) is 24.5 Å². The zero-order chi connectivity index (χ0) is 22.3. The first kappa shape index (κ1) is 21.6. The number of carbonyl (C=O) groups excluding carboxylic acids is 3. The van der Waals surface area contributed by atoms with Gasteiger partial charge in [0.2, 0.25) is 5.91 Å². The fraction of sp³-hybridized carbons (Fsp3) is 0.458. The number of nitrogens with zero attached hydrogens (tertiary/aromatic N) is 3. The quantitative estimate of drug-likeness (QED) is 0.659. The van der Waals surface area contributed by atoms with Gasteiger partial charge in [0.1, 0.15) is 17.5 Å². The van der Waals surface area contributed by atoms with Crippen molar-refractivity contribution in [3.8, 4) is 11.4 Å². The van der Waals surface area contributed by atoms with Gasteiger partial charge in [-0.2, -0.15) is 0 Å². The molecule has 4 rings (SSSR count). The van der Waals surface area contributed by atoms with E-state index < -0.39 is 5.92 Å². The molecule has 7 heteroatoms. The molecule has 1 spiro atoms. The van der Waals surface area contributed by atoms with E-state index in [0.29, 0.717) is 49.6 Å². The third kappa shape index (κ3) is 4.13. The molecule has 0 unspecified atom stereocenters. The highest BCUT2D eigenvalue weighted by Crippen LogP contribution is 2.46. The van der Waals surface area contributed by atoms with E-state index in [1.165, 1.54) is 0 Å². The maximum atomic E-state index is 13.3. The summed E-state index contributed by atoms with van der Waals surface area (Å²) in [4.78, 5) is 48.5. The molecular formula is C24H26ClN3O3. The molecule has 1 amide bonds. The van der Waals surface area contributed by atoms with Crippen molar-refractivity contribution in [1.82, 2.24) is 14.9 Å². The number of halogens is 1. The van der Waals surface area contributed by atoms with Gasteiger partial charge < -0.3 is 4.90 Å². The van der Waals surface area contributed by atoms with Crippen LogP contribution in [0.5, 0.6) is 0 Å². The van der Waals surface area contributed by atoms with Crippen LogP contribution in [0.4, 0.5) is 0 Å². The van der Waals surface area contributed by atoms with E-state index >= 15 is 0 Å². The first-order chi connectivity index (χ1) is 14.7. The van der Waals surface area contributed by atoms with Crippen molar-refractivity contribution in [3.05, 3.63) is 46.2 Å². The molecule has 2 aromatic rings. The number of ketones is 2. The summed E-state index contributed by atoms with van der Waals surface area (Å²) >= 11 is 5.89. The summed E-state index contributed by atoms with van der Waals surface area (Å²) in [6.07, 6.45) is 5.32. The van der Waals surface area contributed by atoms with Crippen LogP contribution in [0.3, 0.4) is 0 Å². The number of carbonyl (C=O) groups is 3. The lowest BCUT2D eigenvalue weighted by atomic mass is 9.62. The molecule has 1 aromatic carbocycles. The van der Waals surface area contributed by atoms with Gasteiger partial charge in [0, 0.05) is 50.8 Å². The summed E-state index contributed by atoms with van der Waals surface area (Å²) in [5.74, 6) is -0.114. The Balaban J connectivity index is 1.59. The zero-order valence-electron chi connectivity index (χ0n) is 18.1. The number of aromatic nitrogens is 2. The van der Waals surface area contributed by atoms with Crippen molar-refractivity contribution in [3.63, 3.8) is 0 Å². The van der Waals surface area contributed by atoms with Crippen molar-refractivity contribution in [2.24, 2.45) is 5.41 Å². The molecule has 1 saturated carbocycles. The molecule has 0 bridgehead atoms. The fourth-order valence-electron chi connectivity index (χ4n) is 5.18. The molecule has 1 saturated heterocycles. The van der Waals surface area contributed by atoms with Crippen molar-refractivity contribution >= 4 is 29.1 Å². The van der Waals surface area contributed by atoms with E-state index in [1.54, 1.807) is 24.2 Å². The zero-order valence-corrected chi connectivity index (χ0v) is 18.8. The maximum Gasteiger partial charge on any atom is 0.219 e. The summed E-state index contributed by atoms with van der Waals surface area (Å²) in [6, 6.07) is 3.86.